The van der Waals surface area contributed by atoms with E-state index >= 15 is 0 Å². The number of carbonyl (C=O) groups is 2. The number of hydrogen-bond acceptors (Lipinski definition) is 3. The lowest BCUT2D eigenvalue weighted by Gasteiger charge is -2.09. The summed E-state index contributed by atoms with van der Waals surface area (Å²) in [5.41, 5.74) is 6.97. The van der Waals surface area contributed by atoms with Crippen LogP contribution in [0.25, 0.3) is 0 Å². The van der Waals surface area contributed by atoms with E-state index < -0.39 is 5.91 Å². The van der Waals surface area contributed by atoms with Crippen LogP contribution in [-0.4, -0.2) is 21.5 Å². The summed E-state index contributed by atoms with van der Waals surface area (Å²) in [7, 11) is 0. The van der Waals surface area contributed by atoms with E-state index in [0.29, 0.717) is 11.3 Å². The number of benzene rings is 1. The molecule has 2 amide bonds. The van der Waals surface area contributed by atoms with Crippen molar-refractivity contribution in [2.24, 2.45) is 5.73 Å². The molecule has 1 aromatic carbocycles. The van der Waals surface area contributed by atoms with Crippen LogP contribution < -0.4 is 11.1 Å². The number of rotatable bonds is 2. The third kappa shape index (κ3) is 2.37. The second-order valence-corrected chi connectivity index (χ2v) is 3.79. The van der Waals surface area contributed by atoms with Gasteiger partial charge in [-0.1, -0.05) is 0 Å². The molecule has 6 heteroatoms. The molecule has 6 nitrogen and oxygen atoms in total. The summed E-state index contributed by atoms with van der Waals surface area (Å²) in [4.78, 5) is 26.5. The van der Waals surface area contributed by atoms with Crippen LogP contribution in [0.4, 0.5) is 10.5 Å². The van der Waals surface area contributed by atoms with Gasteiger partial charge in [0.05, 0.1) is 0 Å². The summed E-state index contributed by atoms with van der Waals surface area (Å²) in [5.74, 6) is -0.495. The molecule has 92 valence electrons. The van der Waals surface area contributed by atoms with Gasteiger partial charge < -0.3 is 11.1 Å². The maximum Gasteiger partial charge on any atom is 0.331 e. The lowest BCUT2D eigenvalue weighted by Crippen LogP contribution is -2.19. The Hall–Kier alpha value is -2.63. The summed E-state index contributed by atoms with van der Waals surface area (Å²) < 4.78 is 1.32. The topological polar surface area (TPSA) is 90.0 Å². The van der Waals surface area contributed by atoms with Crippen molar-refractivity contribution in [2.45, 2.75) is 6.92 Å². The van der Waals surface area contributed by atoms with Crippen molar-refractivity contribution in [3.8, 4) is 0 Å². The molecule has 0 atom stereocenters. The second kappa shape index (κ2) is 4.70. The van der Waals surface area contributed by atoms with Crippen molar-refractivity contribution in [1.82, 2.24) is 9.55 Å². The number of nitrogens with two attached hydrogens (primary N) is 1. The molecule has 0 saturated carbocycles. The molecule has 0 radical (unpaired) electrons. The van der Waals surface area contributed by atoms with E-state index in [9.17, 15) is 9.59 Å². The number of hydrogen-bond donors (Lipinski definition) is 2. The van der Waals surface area contributed by atoms with E-state index in [2.05, 4.69) is 10.3 Å². The van der Waals surface area contributed by atoms with Crippen molar-refractivity contribution in [2.75, 3.05) is 5.32 Å². The quantitative estimate of drug-likeness (QED) is 0.835. The van der Waals surface area contributed by atoms with E-state index in [1.54, 1.807) is 31.3 Å². The van der Waals surface area contributed by atoms with Crippen molar-refractivity contribution in [3.05, 3.63) is 48.0 Å². The predicted octanol–water partition coefficient (Wildman–Crippen LogP) is 1.37. The average Bonchev–Trinajstić information content (AvgIpc) is 2.85. The zero-order chi connectivity index (χ0) is 13.1. The fourth-order valence-corrected chi connectivity index (χ4v) is 1.52. The Morgan fingerprint density at radius 3 is 2.72 bits per heavy atom. The van der Waals surface area contributed by atoms with Gasteiger partial charge in [0.25, 0.3) is 0 Å². The van der Waals surface area contributed by atoms with E-state index in [-0.39, 0.29) is 6.03 Å². The minimum Gasteiger partial charge on any atom is -0.366 e. The van der Waals surface area contributed by atoms with Crippen LogP contribution in [0.2, 0.25) is 0 Å². The molecule has 3 N–H and O–H groups in total. The van der Waals surface area contributed by atoms with Gasteiger partial charge in [-0.15, -0.1) is 0 Å². The number of anilines is 1. The molecular weight excluding hydrogens is 232 g/mol. The number of aryl methyl sites for hydroxylation is 1. The molecule has 0 unspecified atom stereocenters. The first kappa shape index (κ1) is 11.8. The van der Waals surface area contributed by atoms with Crippen molar-refractivity contribution in [1.29, 1.82) is 0 Å². The van der Waals surface area contributed by atoms with E-state index in [4.69, 9.17) is 5.73 Å². The standard InChI is InChI=1S/C12H12N4O2/c1-8-6-9(11(13)17)2-3-10(8)15-12(18)16-5-4-14-7-16/h2-7H,1H3,(H2,13,17)(H,15,18). The minimum atomic E-state index is -0.495. The number of nitrogens with zero attached hydrogens (tertiary/aromatic N) is 2. The van der Waals surface area contributed by atoms with Gasteiger partial charge in [-0.25, -0.2) is 9.78 Å². The Bertz CT molecular complexity index is 590. The van der Waals surface area contributed by atoms with Gasteiger partial charge in [-0.05, 0) is 30.7 Å². The third-order valence-electron chi connectivity index (χ3n) is 2.49. The predicted molar refractivity (Wildman–Crippen MR) is 66.3 cm³/mol. The monoisotopic (exact) mass is 244 g/mol. The van der Waals surface area contributed by atoms with Crippen LogP contribution >= 0.6 is 0 Å². The van der Waals surface area contributed by atoms with Gasteiger partial charge in [-0.3, -0.25) is 9.36 Å². The highest BCUT2D eigenvalue weighted by Crippen LogP contribution is 2.16. The zero-order valence-electron chi connectivity index (χ0n) is 9.75. The molecule has 0 aliphatic carbocycles. The van der Waals surface area contributed by atoms with Crippen LogP contribution in [0.3, 0.4) is 0 Å². The van der Waals surface area contributed by atoms with Crippen LogP contribution in [0.15, 0.2) is 36.9 Å². The van der Waals surface area contributed by atoms with Crippen LogP contribution in [0.5, 0.6) is 0 Å². The highest BCUT2D eigenvalue weighted by molar-refractivity contribution is 5.95. The number of carbonyl (C=O) groups excluding carboxylic acids is 2. The molecule has 0 saturated heterocycles. The fourth-order valence-electron chi connectivity index (χ4n) is 1.52. The zero-order valence-corrected chi connectivity index (χ0v) is 9.75. The first-order chi connectivity index (χ1) is 8.58. The minimum absolute atomic E-state index is 0.317. The molecule has 0 aliphatic heterocycles. The van der Waals surface area contributed by atoms with Gasteiger partial charge in [0, 0.05) is 23.6 Å². The van der Waals surface area contributed by atoms with Crippen molar-refractivity contribution < 1.29 is 9.59 Å². The summed E-state index contributed by atoms with van der Waals surface area (Å²) in [6.07, 6.45) is 4.47. The molecule has 0 bridgehead atoms. The Morgan fingerprint density at radius 2 is 2.17 bits per heavy atom. The van der Waals surface area contributed by atoms with Gasteiger partial charge in [-0.2, -0.15) is 0 Å². The van der Waals surface area contributed by atoms with Crippen LogP contribution in [-0.2, 0) is 0 Å². The number of aromatic nitrogens is 2. The summed E-state index contributed by atoms with van der Waals surface area (Å²) in [5, 5.41) is 2.71. The molecule has 0 fully saturated rings. The molecule has 18 heavy (non-hydrogen) atoms. The SMILES string of the molecule is Cc1cc(C(N)=O)ccc1NC(=O)n1ccnc1. The molecule has 1 aromatic heterocycles. The first-order valence-electron chi connectivity index (χ1n) is 5.27. The number of amides is 2. The molecule has 0 spiro atoms. The van der Waals surface area contributed by atoms with Gasteiger partial charge in [0.2, 0.25) is 5.91 Å². The Morgan fingerprint density at radius 1 is 1.39 bits per heavy atom. The number of nitrogens with one attached hydrogen (secondary N) is 1. The Kier molecular flexibility index (Phi) is 3.09. The van der Waals surface area contributed by atoms with Gasteiger partial charge in [0.15, 0.2) is 0 Å². The Balaban J connectivity index is 2.20. The van der Waals surface area contributed by atoms with E-state index in [1.165, 1.54) is 17.1 Å². The fraction of sp³-hybridized carbons (Fsp3) is 0.0833. The second-order valence-electron chi connectivity index (χ2n) is 3.79. The van der Waals surface area contributed by atoms with Crippen molar-refractivity contribution in [3.63, 3.8) is 0 Å². The molecule has 0 aliphatic rings. The van der Waals surface area contributed by atoms with E-state index in [0.717, 1.165) is 5.56 Å². The van der Waals surface area contributed by atoms with Gasteiger partial charge >= 0.3 is 6.03 Å². The lowest BCUT2D eigenvalue weighted by atomic mass is 10.1. The highest BCUT2D eigenvalue weighted by atomic mass is 16.2. The third-order valence-corrected chi connectivity index (χ3v) is 2.49. The maximum absolute atomic E-state index is 11.8. The summed E-state index contributed by atoms with van der Waals surface area (Å²) in [6.45, 7) is 1.79. The normalized spacial score (nSPS) is 10.1. The molecule has 2 rings (SSSR count). The number of primary amides is 1. The summed E-state index contributed by atoms with van der Waals surface area (Å²) in [6, 6.07) is 4.53. The summed E-state index contributed by atoms with van der Waals surface area (Å²) >= 11 is 0. The smallest absolute Gasteiger partial charge is 0.331 e. The van der Waals surface area contributed by atoms with E-state index in [1.807, 2.05) is 0 Å². The van der Waals surface area contributed by atoms with Gasteiger partial charge in [0.1, 0.15) is 6.33 Å². The number of imidazole rings is 1. The lowest BCUT2D eigenvalue weighted by molar-refractivity contribution is 0.1000. The van der Waals surface area contributed by atoms with Crippen molar-refractivity contribution >= 4 is 17.6 Å². The Labute approximate surface area is 103 Å². The molecular formula is C12H12N4O2. The molecule has 1 heterocycles. The maximum atomic E-state index is 11.8. The first-order valence-corrected chi connectivity index (χ1v) is 5.27. The highest BCUT2D eigenvalue weighted by Gasteiger charge is 2.08. The van der Waals surface area contributed by atoms with Crippen LogP contribution in [0, 0.1) is 6.92 Å². The molecule has 2 aromatic rings. The largest absolute Gasteiger partial charge is 0.366 e. The average molecular weight is 244 g/mol. The van der Waals surface area contributed by atoms with Crippen LogP contribution in [0.1, 0.15) is 15.9 Å².